The van der Waals surface area contributed by atoms with E-state index in [0.29, 0.717) is 45.5 Å². The van der Waals surface area contributed by atoms with Crippen molar-refractivity contribution >= 4 is 40.1 Å². The molecule has 5 rings (SSSR count). The van der Waals surface area contributed by atoms with Crippen LogP contribution in [-0.4, -0.2) is 55.5 Å². The lowest BCUT2D eigenvalue weighted by atomic mass is 9.93. The maximum atomic E-state index is 13.7. The molecule has 0 aliphatic carbocycles. The summed E-state index contributed by atoms with van der Waals surface area (Å²) in [5, 5.41) is 6.89. The molecule has 212 valence electrons. The van der Waals surface area contributed by atoms with Gasteiger partial charge in [-0.15, -0.1) is 0 Å². The second kappa shape index (κ2) is 12.4. The van der Waals surface area contributed by atoms with Crippen molar-refractivity contribution in [1.82, 2.24) is 4.90 Å². The minimum Gasteiger partial charge on any atom is -0.497 e. The van der Waals surface area contributed by atoms with Crippen LogP contribution in [0.3, 0.4) is 0 Å². The summed E-state index contributed by atoms with van der Waals surface area (Å²) >= 11 is 1.70. The quantitative estimate of drug-likeness (QED) is 0.356. The molecule has 1 atom stereocenters. The van der Waals surface area contributed by atoms with Crippen molar-refractivity contribution in [3.8, 4) is 17.2 Å². The molecule has 10 heteroatoms. The number of aliphatic imine (C=N–C) groups is 1. The number of allylic oxidation sites excluding steroid dienone is 1. The number of hydrogen-bond donors (Lipinski definition) is 2. The minimum absolute atomic E-state index is 0.208. The first-order valence-electron chi connectivity index (χ1n) is 13.2. The number of nitrogens with one attached hydrogen (secondary N) is 2. The molecule has 0 saturated carbocycles. The van der Waals surface area contributed by atoms with Gasteiger partial charge in [0.1, 0.15) is 17.2 Å². The van der Waals surface area contributed by atoms with Crippen molar-refractivity contribution in [3.63, 3.8) is 0 Å². The predicted octanol–water partition coefficient (Wildman–Crippen LogP) is 5.73. The molecule has 2 N–H and O–H groups in total. The Hall–Kier alpha value is -4.44. The molecular formula is C31H32N4O5S. The molecule has 2 heterocycles. The standard InChI is InChI=1S/C31H32N4O5S/c1-19-27(30(37)34-23-10-12-24(38-2)13-11-23)28(35-14-5-15-41-31(35)32-19)20-6-8-22(9-7-20)33-29(36)21-16-25(39-3)18-26(17-21)40-4/h6-13,16-18,28H,5,14-15H2,1-4H3,(H,33,36)(H,34,37). The zero-order valence-corrected chi connectivity index (χ0v) is 24.2. The van der Waals surface area contributed by atoms with Gasteiger partial charge in [-0.25, -0.2) is 4.99 Å². The number of anilines is 2. The van der Waals surface area contributed by atoms with Gasteiger partial charge in [-0.3, -0.25) is 9.59 Å². The predicted molar refractivity (Wildman–Crippen MR) is 162 cm³/mol. The topological polar surface area (TPSA) is 101 Å². The lowest BCUT2D eigenvalue weighted by Gasteiger charge is -2.41. The highest BCUT2D eigenvalue weighted by Gasteiger charge is 2.37. The van der Waals surface area contributed by atoms with Gasteiger partial charge in [-0.05, 0) is 67.4 Å². The second-order valence-corrected chi connectivity index (χ2v) is 10.6. The summed E-state index contributed by atoms with van der Waals surface area (Å²) in [6.07, 6.45) is 0.991. The summed E-state index contributed by atoms with van der Waals surface area (Å²) in [6, 6.07) is 19.5. The van der Waals surface area contributed by atoms with Gasteiger partial charge in [-0.2, -0.15) is 0 Å². The molecule has 3 aromatic carbocycles. The number of fused-ring (bicyclic) bond motifs is 1. The molecule has 0 spiro atoms. The fourth-order valence-electron chi connectivity index (χ4n) is 4.87. The van der Waals surface area contributed by atoms with E-state index in [1.165, 1.54) is 0 Å². The van der Waals surface area contributed by atoms with Gasteiger partial charge in [0.05, 0.1) is 38.6 Å². The van der Waals surface area contributed by atoms with Crippen LogP contribution in [0.15, 0.2) is 83.0 Å². The van der Waals surface area contributed by atoms with E-state index < -0.39 is 0 Å². The molecule has 41 heavy (non-hydrogen) atoms. The van der Waals surface area contributed by atoms with Crippen LogP contribution in [0.2, 0.25) is 0 Å². The van der Waals surface area contributed by atoms with Crippen molar-refractivity contribution in [2.75, 3.05) is 44.3 Å². The van der Waals surface area contributed by atoms with E-state index in [9.17, 15) is 9.59 Å². The third kappa shape index (κ3) is 6.17. The summed E-state index contributed by atoms with van der Waals surface area (Å²) in [4.78, 5) is 33.7. The Morgan fingerprint density at radius 1 is 0.829 bits per heavy atom. The average Bonchev–Trinajstić information content (AvgIpc) is 3.00. The number of carbonyl (C=O) groups excluding carboxylic acids is 2. The molecule has 0 aromatic heterocycles. The maximum absolute atomic E-state index is 13.7. The van der Waals surface area contributed by atoms with Crippen molar-refractivity contribution in [2.45, 2.75) is 19.4 Å². The van der Waals surface area contributed by atoms with Crippen molar-refractivity contribution in [1.29, 1.82) is 0 Å². The van der Waals surface area contributed by atoms with Crippen LogP contribution in [0.1, 0.15) is 35.3 Å². The summed E-state index contributed by atoms with van der Waals surface area (Å²) in [5.41, 5.74) is 3.92. The van der Waals surface area contributed by atoms with Crippen LogP contribution in [0, 0.1) is 0 Å². The smallest absolute Gasteiger partial charge is 0.255 e. The van der Waals surface area contributed by atoms with Gasteiger partial charge in [0.15, 0.2) is 5.17 Å². The molecule has 2 aliphatic rings. The Bertz CT molecular complexity index is 1480. The molecule has 1 saturated heterocycles. The molecule has 1 unspecified atom stereocenters. The Balaban J connectivity index is 1.40. The molecular weight excluding hydrogens is 540 g/mol. The van der Waals surface area contributed by atoms with E-state index in [1.54, 1.807) is 63.4 Å². The van der Waals surface area contributed by atoms with Gasteiger partial charge in [0.2, 0.25) is 0 Å². The Morgan fingerprint density at radius 3 is 2.02 bits per heavy atom. The highest BCUT2D eigenvalue weighted by Crippen LogP contribution is 2.40. The number of rotatable bonds is 8. The molecule has 2 aliphatic heterocycles. The molecule has 9 nitrogen and oxygen atoms in total. The number of benzene rings is 3. The Morgan fingerprint density at radius 2 is 1.41 bits per heavy atom. The number of nitrogens with zero attached hydrogens (tertiary/aromatic N) is 2. The number of amidine groups is 1. The van der Waals surface area contributed by atoms with E-state index >= 15 is 0 Å². The van der Waals surface area contributed by atoms with Crippen LogP contribution < -0.4 is 24.8 Å². The summed E-state index contributed by atoms with van der Waals surface area (Å²) in [5.74, 6) is 2.27. The number of hydrogen-bond acceptors (Lipinski definition) is 8. The first-order chi connectivity index (χ1) is 19.9. The van der Waals surface area contributed by atoms with Crippen LogP contribution in [0.25, 0.3) is 0 Å². The lowest BCUT2D eigenvalue weighted by molar-refractivity contribution is -0.113. The van der Waals surface area contributed by atoms with E-state index in [-0.39, 0.29) is 17.9 Å². The second-order valence-electron chi connectivity index (χ2n) is 9.55. The van der Waals surface area contributed by atoms with E-state index in [1.807, 2.05) is 43.3 Å². The van der Waals surface area contributed by atoms with Gasteiger partial charge in [0, 0.05) is 35.3 Å². The highest BCUT2D eigenvalue weighted by molar-refractivity contribution is 8.13. The minimum atomic E-state index is -0.319. The number of carbonyl (C=O) groups is 2. The molecule has 0 radical (unpaired) electrons. The summed E-state index contributed by atoms with van der Waals surface area (Å²) < 4.78 is 15.8. The number of ether oxygens (including phenoxy) is 3. The number of thioether (sulfide) groups is 1. The SMILES string of the molecule is COc1ccc(NC(=O)C2=C(C)N=C3SCCCN3C2c2ccc(NC(=O)c3cc(OC)cc(OC)c3)cc2)cc1. The monoisotopic (exact) mass is 572 g/mol. The first-order valence-corrected chi connectivity index (χ1v) is 14.2. The zero-order valence-electron chi connectivity index (χ0n) is 23.4. The molecule has 0 bridgehead atoms. The van der Waals surface area contributed by atoms with Crippen molar-refractivity contribution in [3.05, 3.63) is 89.1 Å². The summed E-state index contributed by atoms with van der Waals surface area (Å²) in [7, 11) is 4.69. The summed E-state index contributed by atoms with van der Waals surface area (Å²) in [6.45, 7) is 2.67. The van der Waals surface area contributed by atoms with Crippen molar-refractivity contribution in [2.24, 2.45) is 4.99 Å². The number of amides is 2. The van der Waals surface area contributed by atoms with Gasteiger partial charge >= 0.3 is 0 Å². The normalized spacial score (nSPS) is 16.3. The average molecular weight is 573 g/mol. The third-order valence-corrected chi connectivity index (χ3v) is 8.03. The Labute approximate surface area is 243 Å². The van der Waals surface area contributed by atoms with Gasteiger partial charge in [0.25, 0.3) is 11.8 Å². The molecule has 1 fully saturated rings. The first kappa shape index (κ1) is 28.1. The molecule has 3 aromatic rings. The van der Waals surface area contributed by atoms with Crippen LogP contribution in [0.5, 0.6) is 17.2 Å². The van der Waals surface area contributed by atoms with E-state index in [2.05, 4.69) is 15.5 Å². The van der Waals surface area contributed by atoms with Gasteiger partial charge in [-0.1, -0.05) is 23.9 Å². The fraction of sp³-hybridized carbons (Fsp3) is 0.258. The third-order valence-electron chi connectivity index (χ3n) is 6.95. The maximum Gasteiger partial charge on any atom is 0.255 e. The van der Waals surface area contributed by atoms with Crippen LogP contribution >= 0.6 is 11.8 Å². The highest BCUT2D eigenvalue weighted by atomic mass is 32.2. The number of methoxy groups -OCH3 is 3. The lowest BCUT2D eigenvalue weighted by Crippen LogP contribution is -2.43. The van der Waals surface area contributed by atoms with Gasteiger partial charge < -0.3 is 29.7 Å². The van der Waals surface area contributed by atoms with Crippen molar-refractivity contribution < 1.29 is 23.8 Å². The molecule has 2 amide bonds. The Kier molecular flexibility index (Phi) is 8.49. The van der Waals surface area contributed by atoms with Crippen LogP contribution in [0.4, 0.5) is 11.4 Å². The zero-order chi connectivity index (χ0) is 28.9. The fourth-order valence-corrected chi connectivity index (χ4v) is 5.89. The van der Waals surface area contributed by atoms with E-state index in [0.717, 1.165) is 29.4 Å². The van der Waals surface area contributed by atoms with E-state index in [4.69, 9.17) is 19.2 Å². The largest absolute Gasteiger partial charge is 0.497 e. The van der Waals surface area contributed by atoms with Crippen LogP contribution in [-0.2, 0) is 4.79 Å².